The zero-order valence-electron chi connectivity index (χ0n) is 19.0. The van der Waals surface area contributed by atoms with E-state index in [1.54, 1.807) is 31.0 Å². The summed E-state index contributed by atoms with van der Waals surface area (Å²) in [4.78, 5) is 34.5. The Bertz CT molecular complexity index is 1310. The Hall–Kier alpha value is -4.35. The molecule has 0 bridgehead atoms. The van der Waals surface area contributed by atoms with E-state index in [9.17, 15) is 9.59 Å². The van der Waals surface area contributed by atoms with Crippen molar-refractivity contribution in [1.82, 2.24) is 29.8 Å². The van der Waals surface area contributed by atoms with Gasteiger partial charge in [0.2, 0.25) is 11.9 Å². The van der Waals surface area contributed by atoms with Crippen molar-refractivity contribution in [2.45, 2.75) is 25.4 Å². The smallest absolute Gasteiger partial charge is 0.328 e. The number of ether oxygens (including phenoxy) is 2. The van der Waals surface area contributed by atoms with Gasteiger partial charge < -0.3 is 20.1 Å². The highest BCUT2D eigenvalue weighted by molar-refractivity contribution is 6.14. The van der Waals surface area contributed by atoms with Gasteiger partial charge in [0.05, 0.1) is 20.4 Å². The van der Waals surface area contributed by atoms with Crippen LogP contribution < -0.4 is 25.4 Å². The van der Waals surface area contributed by atoms with Crippen LogP contribution in [-0.2, 0) is 11.3 Å². The number of carbonyl (C=O) groups is 2. The number of hydrogen-bond acceptors (Lipinski definition) is 9. The normalized spacial score (nSPS) is 16.8. The Kier molecular flexibility index (Phi) is 5.40. The number of methoxy groups -OCH3 is 2. The van der Waals surface area contributed by atoms with Crippen LogP contribution in [0.2, 0.25) is 0 Å². The van der Waals surface area contributed by atoms with Crippen molar-refractivity contribution in [2.75, 3.05) is 31.9 Å². The third kappa shape index (κ3) is 4.05. The first kappa shape index (κ1) is 21.5. The van der Waals surface area contributed by atoms with Crippen LogP contribution in [0.15, 0.2) is 30.1 Å². The van der Waals surface area contributed by atoms with Gasteiger partial charge >= 0.3 is 6.03 Å². The van der Waals surface area contributed by atoms with Gasteiger partial charge in [-0.25, -0.2) is 4.79 Å². The number of anilines is 2. The molecule has 5 rings (SSSR count). The van der Waals surface area contributed by atoms with Crippen molar-refractivity contribution in [3.8, 4) is 11.5 Å². The van der Waals surface area contributed by atoms with Crippen LogP contribution in [-0.4, -0.2) is 63.7 Å². The number of imide groups is 1. The SMILES string of the molecule is COc1ccc(CNc2nc(NC3CC3)n3ncc(/C=C4/C(=O)NC(=O)N4C)c3n2)c(OC)c1. The first-order chi connectivity index (χ1) is 16.5. The first-order valence-electron chi connectivity index (χ1n) is 10.7. The molecule has 0 spiro atoms. The molecule has 2 aromatic heterocycles. The second-order valence-electron chi connectivity index (χ2n) is 8.00. The molecule has 3 N–H and O–H groups in total. The van der Waals surface area contributed by atoms with E-state index < -0.39 is 11.9 Å². The van der Waals surface area contributed by atoms with E-state index in [-0.39, 0.29) is 5.70 Å². The topological polar surface area (TPSA) is 135 Å². The molecule has 176 valence electrons. The lowest BCUT2D eigenvalue weighted by molar-refractivity contribution is -0.115. The summed E-state index contributed by atoms with van der Waals surface area (Å²) >= 11 is 0. The second kappa shape index (κ2) is 8.54. The number of fused-ring (bicyclic) bond motifs is 1. The molecule has 2 fully saturated rings. The fourth-order valence-electron chi connectivity index (χ4n) is 3.57. The van der Waals surface area contributed by atoms with Gasteiger partial charge in [0.1, 0.15) is 17.2 Å². The number of carbonyl (C=O) groups excluding carboxylic acids is 2. The maximum atomic E-state index is 12.2. The number of aromatic nitrogens is 4. The largest absolute Gasteiger partial charge is 0.497 e. The van der Waals surface area contributed by atoms with Gasteiger partial charge in [0.15, 0.2) is 5.65 Å². The van der Waals surface area contributed by atoms with E-state index in [2.05, 4.69) is 31.0 Å². The second-order valence-corrected chi connectivity index (χ2v) is 8.00. The molecular weight excluding hydrogens is 440 g/mol. The summed E-state index contributed by atoms with van der Waals surface area (Å²) in [6.07, 6.45) is 5.30. The third-order valence-corrected chi connectivity index (χ3v) is 5.65. The molecule has 34 heavy (non-hydrogen) atoms. The van der Waals surface area contributed by atoms with Crippen LogP contribution in [0.4, 0.5) is 16.7 Å². The van der Waals surface area contributed by atoms with Crippen LogP contribution >= 0.6 is 0 Å². The van der Waals surface area contributed by atoms with Gasteiger partial charge in [-0.15, -0.1) is 0 Å². The summed E-state index contributed by atoms with van der Waals surface area (Å²) in [5.74, 6) is 1.84. The van der Waals surface area contributed by atoms with Gasteiger partial charge in [-0.05, 0) is 31.1 Å². The Balaban J connectivity index is 1.49. The molecule has 12 heteroatoms. The van der Waals surface area contributed by atoms with E-state index in [1.807, 2.05) is 18.2 Å². The molecule has 1 aliphatic carbocycles. The van der Waals surface area contributed by atoms with Crippen molar-refractivity contribution in [3.63, 3.8) is 0 Å². The van der Waals surface area contributed by atoms with E-state index in [0.29, 0.717) is 47.2 Å². The van der Waals surface area contributed by atoms with Crippen LogP contribution in [0.1, 0.15) is 24.0 Å². The standard InChI is InChI=1S/C22H24N8O4/c1-29-16(19(31)27-22(29)32)8-13-11-24-30-18(13)26-20(28-21(30)25-14-5-6-14)23-10-12-4-7-15(33-2)9-17(12)34-3/h4,7-9,11,14H,5-6,10H2,1-3H3,(H,27,31,32)(H2,23,25,26,28)/b16-8-. The summed E-state index contributed by atoms with van der Waals surface area (Å²) in [6.45, 7) is 0.413. The van der Waals surface area contributed by atoms with Crippen LogP contribution in [0.5, 0.6) is 11.5 Å². The zero-order valence-corrected chi connectivity index (χ0v) is 19.0. The minimum atomic E-state index is -0.478. The summed E-state index contributed by atoms with van der Waals surface area (Å²) < 4.78 is 12.3. The summed E-state index contributed by atoms with van der Waals surface area (Å²) in [5.41, 5.74) is 2.20. The van der Waals surface area contributed by atoms with E-state index in [4.69, 9.17) is 9.47 Å². The van der Waals surface area contributed by atoms with Gasteiger partial charge in [-0.3, -0.25) is 15.0 Å². The first-order valence-corrected chi connectivity index (χ1v) is 10.7. The van der Waals surface area contributed by atoms with Gasteiger partial charge in [-0.2, -0.15) is 19.6 Å². The molecule has 1 aliphatic heterocycles. The maximum absolute atomic E-state index is 12.2. The van der Waals surface area contributed by atoms with E-state index >= 15 is 0 Å². The highest BCUT2D eigenvalue weighted by Crippen LogP contribution is 2.28. The average Bonchev–Trinajstić information content (AvgIpc) is 3.51. The summed E-state index contributed by atoms with van der Waals surface area (Å²) in [5, 5.41) is 13.3. The molecule has 0 unspecified atom stereocenters. The number of likely N-dealkylation sites (N-methyl/N-ethyl adjacent to an activating group) is 1. The molecule has 1 saturated carbocycles. The average molecular weight is 464 g/mol. The molecule has 0 radical (unpaired) electrons. The number of hydrogen-bond donors (Lipinski definition) is 3. The van der Waals surface area contributed by atoms with Crippen molar-refractivity contribution in [1.29, 1.82) is 0 Å². The molecule has 1 saturated heterocycles. The zero-order chi connectivity index (χ0) is 23.8. The van der Waals surface area contributed by atoms with Crippen LogP contribution in [0, 0.1) is 0 Å². The number of benzene rings is 1. The van der Waals surface area contributed by atoms with Crippen LogP contribution in [0.3, 0.4) is 0 Å². The molecule has 3 amide bonds. The van der Waals surface area contributed by atoms with Crippen molar-refractivity contribution < 1.29 is 19.1 Å². The monoisotopic (exact) mass is 464 g/mol. The Morgan fingerprint density at radius 3 is 2.71 bits per heavy atom. The van der Waals surface area contributed by atoms with Gasteiger partial charge in [-0.1, -0.05) is 0 Å². The van der Waals surface area contributed by atoms with E-state index in [1.165, 1.54) is 11.9 Å². The molecule has 12 nitrogen and oxygen atoms in total. The molecular formula is C22H24N8O4. The lowest BCUT2D eigenvalue weighted by Gasteiger charge is -2.13. The number of rotatable bonds is 8. The fourth-order valence-corrected chi connectivity index (χ4v) is 3.57. The lowest BCUT2D eigenvalue weighted by atomic mass is 10.2. The highest BCUT2D eigenvalue weighted by atomic mass is 16.5. The predicted molar refractivity (Wildman–Crippen MR) is 124 cm³/mol. The highest BCUT2D eigenvalue weighted by Gasteiger charge is 2.30. The van der Waals surface area contributed by atoms with Crippen LogP contribution in [0.25, 0.3) is 11.7 Å². The summed E-state index contributed by atoms with van der Waals surface area (Å²) in [7, 11) is 4.74. The lowest BCUT2D eigenvalue weighted by Crippen LogP contribution is -2.24. The number of urea groups is 1. The third-order valence-electron chi connectivity index (χ3n) is 5.65. The minimum Gasteiger partial charge on any atom is -0.497 e. The molecule has 1 aromatic carbocycles. The number of nitrogens with zero attached hydrogens (tertiary/aromatic N) is 5. The Morgan fingerprint density at radius 1 is 1.21 bits per heavy atom. The van der Waals surface area contributed by atoms with Crippen molar-refractivity contribution in [2.24, 2.45) is 0 Å². The Labute approximate surface area is 195 Å². The Morgan fingerprint density at radius 2 is 2.03 bits per heavy atom. The predicted octanol–water partition coefficient (Wildman–Crippen LogP) is 1.85. The molecule has 3 aromatic rings. The van der Waals surface area contributed by atoms with Gasteiger partial charge in [0, 0.05) is 36.8 Å². The molecule has 0 atom stereocenters. The maximum Gasteiger partial charge on any atom is 0.328 e. The minimum absolute atomic E-state index is 0.215. The van der Waals surface area contributed by atoms with Crippen molar-refractivity contribution >= 4 is 35.6 Å². The number of nitrogens with one attached hydrogen (secondary N) is 3. The fraction of sp³-hybridized carbons (Fsp3) is 0.318. The van der Waals surface area contributed by atoms with E-state index in [0.717, 1.165) is 18.4 Å². The quantitative estimate of drug-likeness (QED) is 0.337. The summed E-state index contributed by atoms with van der Waals surface area (Å²) in [6, 6.07) is 5.44. The molecule has 2 aliphatic rings. The van der Waals surface area contributed by atoms with Gasteiger partial charge in [0.25, 0.3) is 5.91 Å². The van der Waals surface area contributed by atoms with Crippen molar-refractivity contribution in [3.05, 3.63) is 41.2 Å². The molecule has 3 heterocycles. The number of amides is 3.